The third kappa shape index (κ3) is 15.8. The minimum Gasteiger partial charge on any atom is -0.467 e. The lowest BCUT2D eigenvalue weighted by Gasteiger charge is -2.34. The number of rotatable bonds is 22. The summed E-state index contributed by atoms with van der Waals surface area (Å²) in [4.78, 5) is 79.1. The molecule has 3 rings (SSSR count). The van der Waals surface area contributed by atoms with Crippen LogP contribution in [0.3, 0.4) is 0 Å². The van der Waals surface area contributed by atoms with Gasteiger partial charge in [0.25, 0.3) is 0 Å². The first kappa shape index (κ1) is 46.4. The molecule has 1 fully saturated rings. The van der Waals surface area contributed by atoms with Crippen molar-refractivity contribution in [2.75, 3.05) is 7.11 Å². The van der Waals surface area contributed by atoms with Gasteiger partial charge in [-0.15, -0.1) is 0 Å². The summed E-state index contributed by atoms with van der Waals surface area (Å²) in [6, 6.07) is 14.0. The fraction of sp³-hybridized carbons (Fsp3) is 0.581. The first-order chi connectivity index (χ1) is 27.2. The maximum Gasteiger partial charge on any atom is 0.408 e. The third-order valence-corrected chi connectivity index (χ3v) is 10.8. The molecule has 1 saturated carbocycles. The number of hydrogen-bond acceptors (Lipinski definition) is 9. The molecule has 0 saturated heterocycles. The predicted octanol–water partition coefficient (Wildman–Crippen LogP) is 4.07. The number of carbonyl (C=O) groups excluding carboxylic acids is 6. The van der Waals surface area contributed by atoms with E-state index in [1.165, 1.54) is 7.11 Å². The van der Waals surface area contributed by atoms with E-state index in [4.69, 9.17) is 15.2 Å². The molecule has 14 nitrogen and oxygen atoms in total. The molecule has 0 spiro atoms. The Hall–Kier alpha value is -4.98. The van der Waals surface area contributed by atoms with Crippen LogP contribution < -0.4 is 27.0 Å². The number of aliphatic hydroxyl groups is 1. The number of methoxy groups -OCH3 is 1. The molecule has 1 aliphatic rings. The standard InChI is InChI=1S/C43H63N5O9/c1-6-28(4)38(41(53)46-35(42(54)56-5)23-30-18-12-8-13-19-30)48-39(51)32(27(2)3)24-36(49)33(22-29-16-10-7-11-17-29)45-40(52)34(25-37(44)50)47-43(55)57-26-31-20-14-9-15-21-31/h8-9,12-15,18-21,27-29,32-36,38,49H,6-7,10-11,16-17,22-26H2,1-5H3,(H2,44,50)(H,45,52)(H,46,53)(H,47,55)(H,48,51)/t28-,32?,33?,34-,35-,36?,38-/m0/s1. The normalized spacial score (nSPS) is 16.8. The van der Waals surface area contributed by atoms with E-state index in [0.717, 1.165) is 43.2 Å². The van der Waals surface area contributed by atoms with Gasteiger partial charge in [0.05, 0.1) is 25.7 Å². The Morgan fingerprint density at radius 3 is 1.96 bits per heavy atom. The number of alkyl carbamates (subject to hydrolysis) is 1. The van der Waals surface area contributed by atoms with Gasteiger partial charge >= 0.3 is 12.1 Å². The molecule has 2 aromatic rings. The van der Waals surface area contributed by atoms with Gasteiger partial charge < -0.3 is 41.6 Å². The summed E-state index contributed by atoms with van der Waals surface area (Å²) in [5.41, 5.74) is 7.01. The van der Waals surface area contributed by atoms with Crippen molar-refractivity contribution in [3.8, 4) is 0 Å². The zero-order chi connectivity index (χ0) is 41.9. The van der Waals surface area contributed by atoms with E-state index in [9.17, 15) is 33.9 Å². The molecule has 0 heterocycles. The fourth-order valence-corrected chi connectivity index (χ4v) is 7.21. The second kappa shape index (κ2) is 23.9. The number of aliphatic hydroxyl groups excluding tert-OH is 1. The maximum atomic E-state index is 14.1. The van der Waals surface area contributed by atoms with Gasteiger partial charge in [-0.3, -0.25) is 19.2 Å². The van der Waals surface area contributed by atoms with Crippen LogP contribution in [0.5, 0.6) is 0 Å². The molecule has 0 aliphatic heterocycles. The van der Waals surface area contributed by atoms with E-state index in [-0.39, 0.29) is 37.2 Å². The van der Waals surface area contributed by atoms with Gasteiger partial charge in [-0.25, -0.2) is 9.59 Å². The topological polar surface area (TPSA) is 215 Å². The van der Waals surface area contributed by atoms with Crippen molar-refractivity contribution >= 4 is 35.7 Å². The van der Waals surface area contributed by atoms with E-state index >= 15 is 0 Å². The minimum absolute atomic E-state index is 0.0537. The summed E-state index contributed by atoms with van der Waals surface area (Å²) >= 11 is 0. The van der Waals surface area contributed by atoms with Gasteiger partial charge in [-0.2, -0.15) is 0 Å². The van der Waals surface area contributed by atoms with E-state index in [0.29, 0.717) is 12.8 Å². The van der Waals surface area contributed by atoms with E-state index < -0.39 is 78.3 Å². The Labute approximate surface area is 336 Å². The summed E-state index contributed by atoms with van der Waals surface area (Å²) in [7, 11) is 1.25. The molecular weight excluding hydrogens is 730 g/mol. The average Bonchev–Trinajstić information content (AvgIpc) is 3.20. The van der Waals surface area contributed by atoms with Crippen LogP contribution in [0, 0.1) is 23.7 Å². The quantitative estimate of drug-likeness (QED) is 0.0947. The monoisotopic (exact) mass is 793 g/mol. The second-order valence-electron chi connectivity index (χ2n) is 15.6. The lowest BCUT2D eigenvalue weighted by molar-refractivity contribution is -0.145. The van der Waals surface area contributed by atoms with Crippen molar-refractivity contribution < 1.29 is 43.3 Å². The number of benzene rings is 2. The van der Waals surface area contributed by atoms with Crippen molar-refractivity contribution in [1.29, 1.82) is 0 Å². The SMILES string of the molecule is CC[C@H](C)[C@H](NC(=O)C(CC(O)C(CC1CCCCC1)NC(=O)[C@H](CC(N)=O)NC(=O)OCc1ccccc1)C(C)C)C(=O)N[C@@H](Cc1ccccc1)C(=O)OC. The van der Waals surface area contributed by atoms with Gasteiger partial charge in [-0.05, 0) is 41.7 Å². The van der Waals surface area contributed by atoms with Crippen LogP contribution in [0.2, 0.25) is 0 Å². The summed E-state index contributed by atoms with van der Waals surface area (Å²) in [6.45, 7) is 7.34. The van der Waals surface area contributed by atoms with Crippen LogP contribution in [-0.2, 0) is 46.5 Å². The highest BCUT2D eigenvalue weighted by Gasteiger charge is 2.37. The van der Waals surface area contributed by atoms with Crippen LogP contribution in [0.25, 0.3) is 0 Å². The number of carbonyl (C=O) groups is 6. The zero-order valence-electron chi connectivity index (χ0n) is 34.0. The van der Waals surface area contributed by atoms with Crippen LogP contribution in [0.1, 0.15) is 96.6 Å². The van der Waals surface area contributed by atoms with Gasteiger partial charge in [0.1, 0.15) is 24.7 Å². The minimum atomic E-state index is -1.37. The first-order valence-electron chi connectivity index (χ1n) is 20.2. The summed E-state index contributed by atoms with van der Waals surface area (Å²) in [5.74, 6) is -4.33. The number of hydrogen-bond donors (Lipinski definition) is 6. The molecule has 0 radical (unpaired) electrons. The smallest absolute Gasteiger partial charge is 0.408 e. The molecule has 7 atom stereocenters. The molecule has 1 aliphatic carbocycles. The molecule has 2 aromatic carbocycles. The molecule has 0 aromatic heterocycles. The Morgan fingerprint density at radius 2 is 1.40 bits per heavy atom. The van der Waals surface area contributed by atoms with Crippen molar-refractivity contribution in [1.82, 2.24) is 21.3 Å². The van der Waals surface area contributed by atoms with Gasteiger partial charge in [-0.1, -0.05) is 127 Å². The number of nitrogens with two attached hydrogens (primary N) is 1. The Morgan fingerprint density at radius 1 is 0.789 bits per heavy atom. The Balaban J connectivity index is 1.78. The lowest BCUT2D eigenvalue weighted by atomic mass is 9.81. The van der Waals surface area contributed by atoms with Crippen LogP contribution >= 0.6 is 0 Å². The zero-order valence-corrected chi connectivity index (χ0v) is 34.0. The number of amides is 5. The lowest BCUT2D eigenvalue weighted by Crippen LogP contribution is -2.56. The number of nitrogens with one attached hydrogen (secondary N) is 4. The first-order valence-corrected chi connectivity index (χ1v) is 20.2. The van der Waals surface area contributed by atoms with Gasteiger partial charge in [0.15, 0.2) is 0 Å². The fourth-order valence-electron chi connectivity index (χ4n) is 7.21. The molecule has 314 valence electrons. The van der Waals surface area contributed by atoms with Crippen molar-refractivity contribution in [3.63, 3.8) is 0 Å². The highest BCUT2D eigenvalue weighted by Crippen LogP contribution is 2.30. The Bertz CT molecular complexity index is 1590. The Kier molecular flexibility index (Phi) is 19.5. The van der Waals surface area contributed by atoms with Crippen molar-refractivity contribution in [2.24, 2.45) is 29.4 Å². The average molecular weight is 794 g/mol. The van der Waals surface area contributed by atoms with Crippen LogP contribution in [0.15, 0.2) is 60.7 Å². The molecule has 14 heteroatoms. The van der Waals surface area contributed by atoms with Crippen LogP contribution in [-0.4, -0.2) is 78.2 Å². The molecule has 7 N–H and O–H groups in total. The molecule has 0 bridgehead atoms. The summed E-state index contributed by atoms with van der Waals surface area (Å²) < 4.78 is 10.3. The van der Waals surface area contributed by atoms with Crippen LogP contribution in [0.4, 0.5) is 4.79 Å². The van der Waals surface area contributed by atoms with Crippen molar-refractivity contribution in [2.45, 2.75) is 129 Å². The molecule has 57 heavy (non-hydrogen) atoms. The summed E-state index contributed by atoms with van der Waals surface area (Å²) in [6.07, 6.45) is 3.40. The van der Waals surface area contributed by atoms with E-state index in [2.05, 4.69) is 21.3 Å². The number of primary amides is 1. The third-order valence-electron chi connectivity index (χ3n) is 10.8. The highest BCUT2D eigenvalue weighted by atomic mass is 16.5. The largest absolute Gasteiger partial charge is 0.467 e. The summed E-state index contributed by atoms with van der Waals surface area (Å²) in [5, 5.41) is 22.8. The van der Waals surface area contributed by atoms with Crippen molar-refractivity contribution in [3.05, 3.63) is 71.8 Å². The maximum absolute atomic E-state index is 14.1. The molecule has 5 amide bonds. The molecule has 3 unspecified atom stereocenters. The molecular formula is C43H63N5O9. The second-order valence-corrected chi connectivity index (χ2v) is 15.6. The number of ether oxygens (including phenoxy) is 2. The highest BCUT2D eigenvalue weighted by molar-refractivity contribution is 5.92. The van der Waals surface area contributed by atoms with E-state index in [1.54, 1.807) is 24.3 Å². The number of esters is 1. The van der Waals surface area contributed by atoms with Gasteiger partial charge in [0.2, 0.25) is 23.6 Å². The van der Waals surface area contributed by atoms with E-state index in [1.807, 2.05) is 64.1 Å². The van der Waals surface area contributed by atoms with Gasteiger partial charge in [0, 0.05) is 12.3 Å². The predicted molar refractivity (Wildman–Crippen MR) is 215 cm³/mol.